The Morgan fingerprint density at radius 3 is 2.31 bits per heavy atom. The van der Waals surface area contributed by atoms with Crippen molar-refractivity contribution in [1.29, 1.82) is 5.26 Å². The first-order valence-corrected chi connectivity index (χ1v) is 9.29. The second-order valence-electron chi connectivity index (χ2n) is 5.73. The lowest BCUT2D eigenvalue weighted by atomic mass is 10.2. The summed E-state index contributed by atoms with van der Waals surface area (Å²) >= 11 is 0. The third kappa shape index (κ3) is 3.53. The van der Waals surface area contributed by atoms with Gasteiger partial charge in [0.1, 0.15) is 11.0 Å². The van der Waals surface area contributed by atoms with Gasteiger partial charge in [-0.2, -0.15) is 10.4 Å². The van der Waals surface area contributed by atoms with E-state index in [1.54, 1.807) is 56.3 Å². The van der Waals surface area contributed by atoms with Gasteiger partial charge < -0.3 is 5.32 Å². The van der Waals surface area contributed by atoms with Crippen LogP contribution >= 0.6 is 0 Å². The molecule has 3 N–H and O–H groups in total. The molecule has 132 valence electrons. The zero-order chi connectivity index (χ0) is 18.7. The van der Waals surface area contributed by atoms with Crippen LogP contribution in [-0.4, -0.2) is 18.6 Å². The lowest BCUT2D eigenvalue weighted by molar-refractivity contribution is 0.600. The molecule has 0 aliphatic carbocycles. The molecule has 0 fully saturated rings. The van der Waals surface area contributed by atoms with E-state index in [0.29, 0.717) is 28.3 Å². The van der Waals surface area contributed by atoms with Crippen molar-refractivity contribution in [1.82, 2.24) is 10.2 Å². The van der Waals surface area contributed by atoms with Crippen molar-refractivity contribution in [3.05, 3.63) is 65.5 Å². The minimum absolute atomic E-state index is 0.155. The van der Waals surface area contributed by atoms with Gasteiger partial charge in [-0.15, -0.1) is 0 Å². The Labute approximate surface area is 151 Å². The molecule has 0 atom stereocenters. The Bertz CT molecular complexity index is 1060. The Kier molecular flexibility index (Phi) is 4.65. The van der Waals surface area contributed by atoms with Crippen LogP contribution in [-0.2, 0) is 10.0 Å². The van der Waals surface area contributed by atoms with Crippen molar-refractivity contribution >= 4 is 27.1 Å². The lowest BCUT2D eigenvalue weighted by Gasteiger charge is -2.11. The fourth-order valence-corrected chi connectivity index (χ4v) is 4.04. The fraction of sp³-hybridized carbons (Fsp3) is 0.111. The summed E-state index contributed by atoms with van der Waals surface area (Å²) in [6.07, 6.45) is 0. The largest absolute Gasteiger partial charge is 0.354 e. The number of sulfonamides is 1. The molecule has 0 saturated carbocycles. The van der Waals surface area contributed by atoms with Gasteiger partial charge in [0, 0.05) is 11.4 Å². The summed E-state index contributed by atoms with van der Waals surface area (Å²) in [5.41, 5.74) is 3.30. The van der Waals surface area contributed by atoms with Crippen LogP contribution < -0.4 is 10.0 Å². The van der Waals surface area contributed by atoms with Gasteiger partial charge in [0.05, 0.1) is 22.6 Å². The van der Waals surface area contributed by atoms with Crippen LogP contribution in [0.5, 0.6) is 0 Å². The molecule has 0 spiro atoms. The molecule has 1 heterocycles. The molecule has 0 unspecified atom stereocenters. The molecule has 1 aromatic heterocycles. The second-order valence-corrected chi connectivity index (χ2v) is 7.35. The number of aryl methyl sites for hydroxylation is 2. The molecule has 3 aromatic rings. The van der Waals surface area contributed by atoms with Crippen LogP contribution in [0.15, 0.2) is 53.4 Å². The summed E-state index contributed by atoms with van der Waals surface area (Å²) in [5, 5.41) is 18.9. The number of anilines is 3. The van der Waals surface area contributed by atoms with E-state index >= 15 is 0 Å². The zero-order valence-electron chi connectivity index (χ0n) is 14.2. The molecule has 0 aliphatic heterocycles. The third-order valence-corrected chi connectivity index (χ3v) is 5.44. The summed E-state index contributed by atoms with van der Waals surface area (Å²) in [5.74, 6) is 0. The average molecular weight is 367 g/mol. The monoisotopic (exact) mass is 367 g/mol. The van der Waals surface area contributed by atoms with Crippen LogP contribution in [0.3, 0.4) is 0 Å². The molecule has 7 nitrogen and oxygen atoms in total. The van der Waals surface area contributed by atoms with E-state index in [1.807, 2.05) is 6.07 Å². The Balaban J connectivity index is 1.79. The van der Waals surface area contributed by atoms with Gasteiger partial charge >= 0.3 is 0 Å². The number of nitriles is 1. The number of para-hydroxylation sites is 1. The maximum Gasteiger partial charge on any atom is 0.265 e. The van der Waals surface area contributed by atoms with Gasteiger partial charge in [0.15, 0.2) is 0 Å². The van der Waals surface area contributed by atoms with Gasteiger partial charge in [-0.25, -0.2) is 8.42 Å². The van der Waals surface area contributed by atoms with E-state index in [0.717, 1.165) is 5.69 Å². The summed E-state index contributed by atoms with van der Waals surface area (Å²) in [6.45, 7) is 3.30. The van der Waals surface area contributed by atoms with Gasteiger partial charge in [-0.05, 0) is 50.2 Å². The minimum atomic E-state index is -3.72. The SMILES string of the molecule is Cc1n[nH]c(C)c1S(=O)(=O)Nc1ccc(Nc2ccccc2C#N)cc1. The summed E-state index contributed by atoms with van der Waals surface area (Å²) in [7, 11) is -3.72. The number of hydrogen-bond donors (Lipinski definition) is 3. The Hall–Kier alpha value is -3.31. The smallest absolute Gasteiger partial charge is 0.265 e. The third-order valence-electron chi connectivity index (χ3n) is 3.79. The molecule has 0 bridgehead atoms. The van der Waals surface area contributed by atoms with Gasteiger partial charge in [0.2, 0.25) is 0 Å². The van der Waals surface area contributed by atoms with E-state index in [9.17, 15) is 8.42 Å². The molecule has 0 saturated heterocycles. The number of rotatable bonds is 5. The Morgan fingerprint density at radius 2 is 1.69 bits per heavy atom. The first-order chi connectivity index (χ1) is 12.4. The highest BCUT2D eigenvalue weighted by molar-refractivity contribution is 7.92. The molecule has 0 amide bonds. The molecule has 3 rings (SSSR count). The van der Waals surface area contributed by atoms with Crippen molar-refractivity contribution in [2.24, 2.45) is 0 Å². The first-order valence-electron chi connectivity index (χ1n) is 7.81. The van der Waals surface area contributed by atoms with E-state index in [-0.39, 0.29) is 4.90 Å². The fourth-order valence-electron chi connectivity index (χ4n) is 2.61. The number of H-pyrrole nitrogens is 1. The van der Waals surface area contributed by atoms with Gasteiger partial charge in [-0.1, -0.05) is 12.1 Å². The summed E-state index contributed by atoms with van der Waals surface area (Å²) in [4.78, 5) is 0.155. The van der Waals surface area contributed by atoms with E-state index in [1.165, 1.54) is 0 Å². The molecule has 2 aromatic carbocycles. The minimum Gasteiger partial charge on any atom is -0.354 e. The van der Waals surface area contributed by atoms with Crippen molar-refractivity contribution in [3.8, 4) is 6.07 Å². The predicted molar refractivity (Wildman–Crippen MR) is 99.8 cm³/mol. The number of aromatic nitrogens is 2. The topological polar surface area (TPSA) is 111 Å². The van der Waals surface area contributed by atoms with E-state index in [4.69, 9.17) is 5.26 Å². The number of benzene rings is 2. The van der Waals surface area contributed by atoms with Crippen LogP contribution in [0.25, 0.3) is 0 Å². The molecule has 0 aliphatic rings. The van der Waals surface area contributed by atoms with Crippen LogP contribution in [0.2, 0.25) is 0 Å². The number of aromatic amines is 1. The number of hydrogen-bond acceptors (Lipinski definition) is 5. The molecule has 0 radical (unpaired) electrons. The maximum atomic E-state index is 12.5. The van der Waals surface area contributed by atoms with E-state index < -0.39 is 10.0 Å². The van der Waals surface area contributed by atoms with Crippen molar-refractivity contribution < 1.29 is 8.42 Å². The molecule has 8 heteroatoms. The zero-order valence-corrected chi connectivity index (χ0v) is 15.1. The van der Waals surface area contributed by atoms with Gasteiger partial charge in [0.25, 0.3) is 10.0 Å². The highest BCUT2D eigenvalue weighted by atomic mass is 32.2. The Morgan fingerprint density at radius 1 is 1.04 bits per heavy atom. The average Bonchev–Trinajstić information content (AvgIpc) is 2.96. The van der Waals surface area contributed by atoms with Gasteiger partial charge in [-0.3, -0.25) is 9.82 Å². The van der Waals surface area contributed by atoms with Crippen LogP contribution in [0, 0.1) is 25.2 Å². The second kappa shape index (κ2) is 6.90. The normalized spacial score (nSPS) is 11.0. The van der Waals surface area contributed by atoms with Crippen LogP contribution in [0.1, 0.15) is 17.0 Å². The predicted octanol–water partition coefficient (Wildman–Crippen LogP) is 3.44. The highest BCUT2D eigenvalue weighted by Gasteiger charge is 2.22. The molecular weight excluding hydrogens is 350 g/mol. The summed E-state index contributed by atoms with van der Waals surface area (Å²) in [6, 6.07) is 16.1. The van der Waals surface area contributed by atoms with E-state index in [2.05, 4.69) is 26.3 Å². The highest BCUT2D eigenvalue weighted by Crippen LogP contribution is 2.24. The number of nitrogens with zero attached hydrogens (tertiary/aromatic N) is 2. The van der Waals surface area contributed by atoms with Crippen LogP contribution in [0.4, 0.5) is 17.1 Å². The maximum absolute atomic E-state index is 12.5. The summed E-state index contributed by atoms with van der Waals surface area (Å²) < 4.78 is 27.6. The molecule has 26 heavy (non-hydrogen) atoms. The first kappa shape index (κ1) is 17.5. The standard InChI is InChI=1S/C18H17N5O2S/c1-12-18(13(2)22-21-12)26(24,25)23-16-9-7-15(8-10-16)20-17-6-4-3-5-14(17)11-19/h3-10,20,23H,1-2H3,(H,21,22). The van der Waals surface area contributed by atoms with Crippen molar-refractivity contribution in [2.75, 3.05) is 10.0 Å². The van der Waals surface area contributed by atoms with Crippen molar-refractivity contribution in [3.63, 3.8) is 0 Å². The number of nitrogens with one attached hydrogen (secondary N) is 3. The van der Waals surface area contributed by atoms with Crippen molar-refractivity contribution in [2.45, 2.75) is 18.7 Å². The molecular formula is C18H17N5O2S. The quantitative estimate of drug-likeness (QED) is 0.640. The lowest BCUT2D eigenvalue weighted by Crippen LogP contribution is -2.14.